The van der Waals surface area contributed by atoms with Crippen molar-refractivity contribution in [2.45, 2.75) is 19.5 Å². The summed E-state index contributed by atoms with van der Waals surface area (Å²) in [6, 6.07) is 2.52. The van der Waals surface area contributed by atoms with Crippen molar-refractivity contribution in [3.05, 3.63) is 23.7 Å². The second-order valence-electron chi connectivity index (χ2n) is 4.73. The SMILES string of the molecule is CC1(C(=O)O)COCC1NC(=O)c1ccc(CN)o1. The maximum Gasteiger partial charge on any atom is 0.313 e. The first-order valence-electron chi connectivity index (χ1n) is 5.88. The summed E-state index contributed by atoms with van der Waals surface area (Å²) in [6.07, 6.45) is 0. The predicted molar refractivity (Wildman–Crippen MR) is 64.4 cm³/mol. The number of furan rings is 1. The largest absolute Gasteiger partial charge is 0.481 e. The number of hydrogen-bond donors (Lipinski definition) is 3. The second kappa shape index (κ2) is 5.02. The molecule has 1 aliphatic heterocycles. The summed E-state index contributed by atoms with van der Waals surface area (Å²) in [6.45, 7) is 1.98. The van der Waals surface area contributed by atoms with Gasteiger partial charge in [-0.15, -0.1) is 0 Å². The lowest BCUT2D eigenvalue weighted by Gasteiger charge is -2.24. The maximum absolute atomic E-state index is 11.9. The van der Waals surface area contributed by atoms with E-state index in [0.717, 1.165) is 0 Å². The molecule has 2 heterocycles. The Balaban J connectivity index is 2.08. The van der Waals surface area contributed by atoms with Crippen LogP contribution in [0.2, 0.25) is 0 Å². The summed E-state index contributed by atoms with van der Waals surface area (Å²) in [5.41, 5.74) is 4.26. The number of ether oxygens (including phenoxy) is 1. The van der Waals surface area contributed by atoms with Crippen LogP contribution in [0.25, 0.3) is 0 Å². The Hall–Kier alpha value is -1.86. The molecule has 7 heteroatoms. The molecule has 0 spiro atoms. The van der Waals surface area contributed by atoms with Crippen molar-refractivity contribution in [1.29, 1.82) is 0 Å². The molecular formula is C12H16N2O5. The Morgan fingerprint density at radius 3 is 2.89 bits per heavy atom. The van der Waals surface area contributed by atoms with Crippen LogP contribution in [0, 0.1) is 5.41 Å². The number of carboxylic acids is 1. The van der Waals surface area contributed by atoms with E-state index in [9.17, 15) is 14.7 Å². The fourth-order valence-electron chi connectivity index (χ4n) is 1.92. The number of nitrogens with one attached hydrogen (secondary N) is 1. The first-order chi connectivity index (χ1) is 8.97. The topological polar surface area (TPSA) is 115 Å². The van der Waals surface area contributed by atoms with Crippen molar-refractivity contribution in [2.75, 3.05) is 13.2 Å². The minimum atomic E-state index is -1.13. The molecule has 2 unspecified atom stereocenters. The fraction of sp³-hybridized carbons (Fsp3) is 0.500. The Bertz CT molecular complexity index is 498. The molecule has 2 rings (SSSR count). The van der Waals surface area contributed by atoms with Gasteiger partial charge >= 0.3 is 5.97 Å². The van der Waals surface area contributed by atoms with E-state index in [1.54, 1.807) is 13.0 Å². The summed E-state index contributed by atoms with van der Waals surface area (Å²) >= 11 is 0. The van der Waals surface area contributed by atoms with Gasteiger partial charge in [0, 0.05) is 0 Å². The van der Waals surface area contributed by atoms with Crippen LogP contribution in [-0.4, -0.2) is 36.2 Å². The molecule has 0 radical (unpaired) electrons. The van der Waals surface area contributed by atoms with Gasteiger partial charge in [0.2, 0.25) is 0 Å². The van der Waals surface area contributed by atoms with E-state index in [-0.39, 0.29) is 25.5 Å². The third kappa shape index (κ3) is 2.47. The molecule has 1 aliphatic rings. The van der Waals surface area contributed by atoms with Gasteiger partial charge in [-0.25, -0.2) is 0 Å². The molecule has 0 aromatic carbocycles. The van der Waals surface area contributed by atoms with Gasteiger partial charge < -0.3 is 25.3 Å². The molecule has 0 aliphatic carbocycles. The highest BCUT2D eigenvalue weighted by Crippen LogP contribution is 2.29. The summed E-state index contributed by atoms with van der Waals surface area (Å²) in [4.78, 5) is 23.2. The number of carbonyl (C=O) groups is 2. The Labute approximate surface area is 109 Å². The predicted octanol–water partition coefficient (Wildman–Crippen LogP) is -0.0422. The van der Waals surface area contributed by atoms with Crippen LogP contribution in [0.15, 0.2) is 16.5 Å². The first-order valence-corrected chi connectivity index (χ1v) is 5.88. The smallest absolute Gasteiger partial charge is 0.313 e. The highest BCUT2D eigenvalue weighted by atomic mass is 16.5. The molecule has 1 saturated heterocycles. The molecule has 1 aromatic rings. The normalized spacial score (nSPS) is 26.3. The van der Waals surface area contributed by atoms with Crippen molar-refractivity contribution in [2.24, 2.45) is 11.1 Å². The number of carbonyl (C=O) groups excluding carboxylic acids is 1. The third-order valence-corrected chi connectivity index (χ3v) is 3.34. The molecule has 7 nitrogen and oxygen atoms in total. The maximum atomic E-state index is 11.9. The summed E-state index contributed by atoms with van der Waals surface area (Å²) in [7, 11) is 0. The third-order valence-electron chi connectivity index (χ3n) is 3.34. The van der Waals surface area contributed by atoms with E-state index < -0.39 is 23.3 Å². The van der Waals surface area contributed by atoms with Gasteiger partial charge in [0.1, 0.15) is 11.2 Å². The zero-order chi connectivity index (χ0) is 14.0. The summed E-state index contributed by atoms with van der Waals surface area (Å²) in [5.74, 6) is -0.867. The van der Waals surface area contributed by atoms with Crippen molar-refractivity contribution >= 4 is 11.9 Å². The molecule has 104 valence electrons. The van der Waals surface area contributed by atoms with E-state index in [1.807, 2.05) is 0 Å². The van der Waals surface area contributed by atoms with E-state index in [0.29, 0.717) is 5.76 Å². The van der Waals surface area contributed by atoms with Crippen LogP contribution in [0.3, 0.4) is 0 Å². The Kier molecular flexibility index (Phi) is 3.59. The van der Waals surface area contributed by atoms with Gasteiger partial charge in [0.25, 0.3) is 5.91 Å². The minimum Gasteiger partial charge on any atom is -0.481 e. The van der Waals surface area contributed by atoms with Gasteiger partial charge in [-0.05, 0) is 19.1 Å². The van der Waals surface area contributed by atoms with Crippen molar-refractivity contribution in [1.82, 2.24) is 5.32 Å². The molecule has 4 N–H and O–H groups in total. The lowest BCUT2D eigenvalue weighted by molar-refractivity contribution is -0.148. The molecule has 0 saturated carbocycles. The van der Waals surface area contributed by atoms with Crippen molar-refractivity contribution in [3.63, 3.8) is 0 Å². The van der Waals surface area contributed by atoms with Gasteiger partial charge in [-0.1, -0.05) is 0 Å². The number of amides is 1. The molecule has 1 amide bonds. The highest BCUT2D eigenvalue weighted by molar-refractivity contribution is 5.92. The summed E-state index contributed by atoms with van der Waals surface area (Å²) in [5, 5.41) is 11.8. The number of hydrogen-bond acceptors (Lipinski definition) is 5. The molecule has 1 fully saturated rings. The van der Waals surface area contributed by atoms with Crippen LogP contribution < -0.4 is 11.1 Å². The van der Waals surface area contributed by atoms with Crippen LogP contribution in [-0.2, 0) is 16.1 Å². The van der Waals surface area contributed by atoms with Crippen LogP contribution in [0.1, 0.15) is 23.2 Å². The van der Waals surface area contributed by atoms with E-state index in [2.05, 4.69) is 5.32 Å². The molecule has 1 aromatic heterocycles. The average Bonchev–Trinajstić information content (AvgIpc) is 2.97. The monoisotopic (exact) mass is 268 g/mol. The number of aliphatic carboxylic acids is 1. The Morgan fingerprint density at radius 2 is 2.32 bits per heavy atom. The van der Waals surface area contributed by atoms with Gasteiger partial charge in [-0.3, -0.25) is 9.59 Å². The van der Waals surface area contributed by atoms with Gasteiger partial charge in [-0.2, -0.15) is 0 Å². The van der Waals surface area contributed by atoms with Crippen LogP contribution in [0.5, 0.6) is 0 Å². The molecule has 2 atom stereocenters. The Morgan fingerprint density at radius 1 is 1.58 bits per heavy atom. The van der Waals surface area contributed by atoms with Gasteiger partial charge in [0.05, 0.1) is 25.8 Å². The second-order valence-corrected chi connectivity index (χ2v) is 4.73. The van der Waals surface area contributed by atoms with Crippen LogP contribution in [0.4, 0.5) is 0 Å². The van der Waals surface area contributed by atoms with Crippen LogP contribution >= 0.6 is 0 Å². The lowest BCUT2D eigenvalue weighted by atomic mass is 9.85. The zero-order valence-electron chi connectivity index (χ0n) is 10.5. The average molecular weight is 268 g/mol. The lowest BCUT2D eigenvalue weighted by Crippen LogP contribution is -2.49. The fourth-order valence-corrected chi connectivity index (χ4v) is 1.92. The number of nitrogens with two attached hydrogens (primary N) is 1. The summed E-state index contributed by atoms with van der Waals surface area (Å²) < 4.78 is 10.4. The van der Waals surface area contributed by atoms with E-state index in [1.165, 1.54) is 6.07 Å². The molecular weight excluding hydrogens is 252 g/mol. The first kappa shape index (κ1) is 13.6. The minimum absolute atomic E-state index is 0.0689. The van der Waals surface area contributed by atoms with E-state index in [4.69, 9.17) is 14.9 Å². The zero-order valence-corrected chi connectivity index (χ0v) is 10.5. The number of carboxylic acid groups (broad SMARTS) is 1. The van der Waals surface area contributed by atoms with Crippen molar-refractivity contribution < 1.29 is 23.8 Å². The standard InChI is InChI=1S/C12H16N2O5/c1-12(11(16)17)6-18-5-9(12)14-10(15)8-3-2-7(4-13)19-8/h2-3,9H,4-6,13H2,1H3,(H,14,15)(H,16,17). The number of rotatable bonds is 4. The quantitative estimate of drug-likeness (QED) is 0.705. The highest BCUT2D eigenvalue weighted by Gasteiger charge is 2.47. The molecule has 0 bridgehead atoms. The van der Waals surface area contributed by atoms with E-state index >= 15 is 0 Å². The molecule has 19 heavy (non-hydrogen) atoms. The van der Waals surface area contributed by atoms with Crippen molar-refractivity contribution in [3.8, 4) is 0 Å². The van der Waals surface area contributed by atoms with Gasteiger partial charge in [0.15, 0.2) is 5.76 Å².